The first-order valence-electron chi connectivity index (χ1n) is 11.7. The van der Waals surface area contributed by atoms with Crippen LogP contribution < -0.4 is 9.64 Å². The van der Waals surface area contributed by atoms with Crippen LogP contribution in [0.25, 0.3) is 17.2 Å². The number of rotatable bonds is 11. The quantitative estimate of drug-likeness (QED) is 0.327. The molecule has 0 amide bonds. The van der Waals surface area contributed by atoms with E-state index in [9.17, 15) is 9.90 Å². The number of nitrogens with zero attached hydrogens (tertiary/aromatic N) is 1. The van der Waals surface area contributed by atoms with Crippen molar-refractivity contribution in [2.75, 3.05) is 37.8 Å². The number of unbranched alkanes of at least 4 members (excludes halogenated alkanes) is 1. The smallest absolute Gasteiger partial charge is 0.331 e. The van der Waals surface area contributed by atoms with Crippen molar-refractivity contribution >= 4 is 17.7 Å². The van der Waals surface area contributed by atoms with Gasteiger partial charge in [0.2, 0.25) is 0 Å². The second-order valence-corrected chi connectivity index (χ2v) is 8.56. The zero-order valence-electron chi connectivity index (χ0n) is 20.0. The molecule has 33 heavy (non-hydrogen) atoms. The van der Waals surface area contributed by atoms with Gasteiger partial charge in [-0.05, 0) is 73.7 Å². The molecule has 2 aromatic carbocycles. The molecule has 0 spiro atoms. The molecule has 3 rings (SSSR count). The molecule has 0 saturated heterocycles. The van der Waals surface area contributed by atoms with Crippen LogP contribution >= 0.6 is 0 Å². The zero-order valence-corrected chi connectivity index (χ0v) is 20.0. The lowest BCUT2D eigenvalue weighted by Crippen LogP contribution is -2.25. The van der Waals surface area contributed by atoms with Crippen LogP contribution in [0.15, 0.2) is 59.7 Å². The number of carbonyl (C=O) groups is 1. The highest BCUT2D eigenvalue weighted by Crippen LogP contribution is 2.33. The lowest BCUT2D eigenvalue weighted by molar-refractivity contribution is -0.132. The molecule has 1 aliphatic heterocycles. The minimum absolute atomic E-state index is 0.443. The highest BCUT2D eigenvalue weighted by atomic mass is 16.5. The molecule has 2 aromatic rings. The van der Waals surface area contributed by atoms with Crippen molar-refractivity contribution in [2.45, 2.75) is 40.0 Å². The maximum Gasteiger partial charge on any atom is 0.331 e. The fraction of sp³-hybridized carbons (Fsp3) is 0.393. The van der Waals surface area contributed by atoms with Crippen LogP contribution in [-0.2, 0) is 9.53 Å². The van der Waals surface area contributed by atoms with Crippen molar-refractivity contribution in [3.63, 3.8) is 0 Å². The van der Waals surface area contributed by atoms with Crippen molar-refractivity contribution in [1.82, 2.24) is 0 Å². The molecule has 0 radical (unpaired) electrons. The first-order chi connectivity index (χ1) is 16.0. The summed E-state index contributed by atoms with van der Waals surface area (Å²) in [7, 11) is 0. The van der Waals surface area contributed by atoms with Crippen LogP contribution in [0.2, 0.25) is 0 Å². The Balaban J connectivity index is 1.76. The minimum atomic E-state index is -0.851. The van der Waals surface area contributed by atoms with E-state index in [0.717, 1.165) is 54.1 Å². The van der Waals surface area contributed by atoms with Gasteiger partial charge in [0, 0.05) is 31.0 Å². The fourth-order valence-corrected chi connectivity index (χ4v) is 3.74. The van der Waals surface area contributed by atoms with Crippen LogP contribution in [0.3, 0.4) is 0 Å². The second kappa shape index (κ2) is 12.3. The SMILES string of the molecule is CCCCOCCOc1ccc(-c2ccc3c(c2)C=C(C(=O)O)CCN3CC=C(C)C)cc1. The van der Waals surface area contributed by atoms with E-state index in [4.69, 9.17) is 9.47 Å². The topological polar surface area (TPSA) is 59.0 Å². The number of allylic oxidation sites excluding steroid dienone is 1. The van der Waals surface area contributed by atoms with Crippen LogP contribution in [-0.4, -0.2) is 44.0 Å². The zero-order chi connectivity index (χ0) is 23.6. The Morgan fingerprint density at radius 3 is 2.52 bits per heavy atom. The lowest BCUT2D eigenvalue weighted by Gasteiger charge is -2.24. The number of fused-ring (bicyclic) bond motifs is 1. The molecule has 1 aliphatic rings. The van der Waals surface area contributed by atoms with Crippen LogP contribution in [0, 0.1) is 0 Å². The maximum absolute atomic E-state index is 11.7. The van der Waals surface area contributed by atoms with Crippen LogP contribution in [0.1, 0.15) is 45.6 Å². The van der Waals surface area contributed by atoms with Crippen LogP contribution in [0.5, 0.6) is 5.75 Å². The molecule has 0 bridgehead atoms. The third-order valence-electron chi connectivity index (χ3n) is 5.67. The van der Waals surface area contributed by atoms with Gasteiger partial charge in [-0.25, -0.2) is 4.79 Å². The predicted molar refractivity (Wildman–Crippen MR) is 135 cm³/mol. The summed E-state index contributed by atoms with van der Waals surface area (Å²) in [6.07, 6.45) is 6.72. The van der Waals surface area contributed by atoms with Crippen molar-refractivity contribution in [3.05, 3.63) is 65.3 Å². The number of carboxylic acid groups (broad SMARTS) is 1. The lowest BCUT2D eigenvalue weighted by atomic mass is 10.00. The first-order valence-corrected chi connectivity index (χ1v) is 11.7. The average molecular weight is 450 g/mol. The first kappa shape index (κ1) is 24.6. The van der Waals surface area contributed by atoms with Gasteiger partial charge < -0.3 is 19.5 Å². The van der Waals surface area contributed by atoms with Gasteiger partial charge in [0.05, 0.1) is 6.61 Å². The summed E-state index contributed by atoms with van der Waals surface area (Å²) >= 11 is 0. The highest BCUT2D eigenvalue weighted by molar-refractivity contribution is 5.94. The number of ether oxygens (including phenoxy) is 2. The molecular weight excluding hydrogens is 414 g/mol. The summed E-state index contributed by atoms with van der Waals surface area (Å²) < 4.78 is 11.3. The van der Waals surface area contributed by atoms with Gasteiger partial charge in [0.1, 0.15) is 12.4 Å². The van der Waals surface area contributed by atoms with Gasteiger partial charge in [0.25, 0.3) is 0 Å². The minimum Gasteiger partial charge on any atom is -0.491 e. The normalized spacial score (nSPS) is 13.1. The predicted octanol–water partition coefficient (Wildman–Crippen LogP) is 6.19. The van der Waals surface area contributed by atoms with E-state index in [1.165, 1.54) is 5.57 Å². The molecule has 5 heteroatoms. The molecule has 5 nitrogen and oxygen atoms in total. The third-order valence-corrected chi connectivity index (χ3v) is 5.67. The van der Waals surface area contributed by atoms with Crippen molar-refractivity contribution in [1.29, 1.82) is 0 Å². The second-order valence-electron chi connectivity index (χ2n) is 8.56. The largest absolute Gasteiger partial charge is 0.491 e. The number of hydrogen-bond acceptors (Lipinski definition) is 4. The van der Waals surface area contributed by atoms with E-state index >= 15 is 0 Å². The van der Waals surface area contributed by atoms with E-state index in [0.29, 0.717) is 31.8 Å². The Hall–Kier alpha value is -3.05. The molecule has 1 heterocycles. The summed E-state index contributed by atoms with van der Waals surface area (Å²) in [6, 6.07) is 14.3. The molecule has 0 aromatic heterocycles. The molecule has 1 N–H and O–H groups in total. The van der Waals surface area contributed by atoms with Crippen molar-refractivity contribution in [3.8, 4) is 16.9 Å². The number of hydrogen-bond donors (Lipinski definition) is 1. The van der Waals surface area contributed by atoms with Crippen LogP contribution in [0.4, 0.5) is 5.69 Å². The summed E-state index contributed by atoms with van der Waals surface area (Å²) in [5.74, 6) is -0.0378. The van der Waals surface area contributed by atoms with Gasteiger partial charge in [-0.2, -0.15) is 0 Å². The molecule has 0 atom stereocenters. The molecular formula is C28H35NO4. The number of aliphatic carboxylic acids is 1. The highest BCUT2D eigenvalue weighted by Gasteiger charge is 2.19. The van der Waals surface area contributed by atoms with Gasteiger partial charge in [-0.1, -0.05) is 43.2 Å². The van der Waals surface area contributed by atoms with E-state index < -0.39 is 5.97 Å². The van der Waals surface area contributed by atoms with Gasteiger partial charge in [-0.3, -0.25) is 0 Å². The standard InChI is InChI=1S/C28H35NO4/c1-4-5-16-32-17-18-33-26-9-6-22(7-10-26)23-8-11-27-25(19-23)20-24(28(30)31)13-15-29(27)14-12-21(2)3/h6-12,19-20H,4-5,13-18H2,1-3H3,(H,30,31). The van der Waals surface area contributed by atoms with Crippen molar-refractivity contribution < 1.29 is 19.4 Å². The fourth-order valence-electron chi connectivity index (χ4n) is 3.74. The summed E-state index contributed by atoms with van der Waals surface area (Å²) in [4.78, 5) is 14.0. The average Bonchev–Trinajstić information content (AvgIpc) is 2.99. The summed E-state index contributed by atoms with van der Waals surface area (Å²) in [5, 5.41) is 9.62. The Labute approximate surface area is 197 Å². The molecule has 176 valence electrons. The molecule has 0 aliphatic carbocycles. The number of carboxylic acids is 1. The third kappa shape index (κ3) is 7.22. The molecule has 0 unspecified atom stereocenters. The van der Waals surface area contributed by atoms with E-state index in [2.05, 4.69) is 49.9 Å². The summed E-state index contributed by atoms with van der Waals surface area (Å²) in [6.45, 7) is 9.66. The Kier molecular flexibility index (Phi) is 9.14. The van der Waals surface area contributed by atoms with Crippen molar-refractivity contribution in [2.24, 2.45) is 0 Å². The number of anilines is 1. The maximum atomic E-state index is 11.7. The Bertz CT molecular complexity index is 987. The van der Waals surface area contributed by atoms with E-state index in [-0.39, 0.29) is 0 Å². The summed E-state index contributed by atoms with van der Waals surface area (Å²) in [5.41, 5.74) is 5.81. The van der Waals surface area contributed by atoms with Gasteiger partial charge >= 0.3 is 5.97 Å². The molecule has 0 saturated carbocycles. The van der Waals surface area contributed by atoms with Gasteiger partial charge in [0.15, 0.2) is 0 Å². The van der Waals surface area contributed by atoms with Gasteiger partial charge in [-0.15, -0.1) is 0 Å². The monoisotopic (exact) mass is 449 g/mol. The Morgan fingerprint density at radius 1 is 1.06 bits per heavy atom. The van der Waals surface area contributed by atoms with E-state index in [1.54, 1.807) is 0 Å². The number of benzene rings is 2. The van der Waals surface area contributed by atoms with E-state index in [1.807, 2.05) is 30.3 Å². The molecule has 0 fully saturated rings. The Morgan fingerprint density at radius 2 is 1.82 bits per heavy atom.